The third-order valence-electron chi connectivity index (χ3n) is 4.86. The standard InChI is InChI=1S/C21H20N2O2/c1-2-21(16-9-4-3-5-10-16)22-19-13-7-6-12-18(19)20(24)23(21)15-17-11-8-14-25-17/h3-14,22H,2,15H2,1H3. The number of hydrogen-bond acceptors (Lipinski definition) is 3. The fourth-order valence-corrected chi connectivity index (χ4v) is 3.58. The number of anilines is 1. The fraction of sp³-hybridized carbons (Fsp3) is 0.190. The van der Waals surface area contributed by atoms with Crippen molar-refractivity contribution in [1.29, 1.82) is 0 Å². The summed E-state index contributed by atoms with van der Waals surface area (Å²) in [6.45, 7) is 2.51. The zero-order valence-electron chi connectivity index (χ0n) is 14.1. The maximum atomic E-state index is 13.3. The molecule has 1 amide bonds. The average Bonchev–Trinajstić information content (AvgIpc) is 3.18. The molecule has 1 unspecified atom stereocenters. The zero-order valence-corrected chi connectivity index (χ0v) is 14.1. The summed E-state index contributed by atoms with van der Waals surface area (Å²) in [6.07, 6.45) is 2.37. The third-order valence-corrected chi connectivity index (χ3v) is 4.86. The highest BCUT2D eigenvalue weighted by atomic mass is 16.3. The van der Waals surface area contributed by atoms with Crippen LogP contribution in [0, 0.1) is 0 Å². The third kappa shape index (κ3) is 2.50. The van der Waals surface area contributed by atoms with Crippen LogP contribution in [0.1, 0.15) is 35.0 Å². The van der Waals surface area contributed by atoms with Crippen LogP contribution in [0.15, 0.2) is 77.4 Å². The molecule has 1 aromatic heterocycles. The van der Waals surface area contributed by atoms with Gasteiger partial charge in [0.1, 0.15) is 11.4 Å². The molecule has 1 atom stereocenters. The highest BCUT2D eigenvalue weighted by molar-refractivity contribution is 6.02. The van der Waals surface area contributed by atoms with Crippen LogP contribution in [0.3, 0.4) is 0 Å². The van der Waals surface area contributed by atoms with E-state index in [-0.39, 0.29) is 5.91 Å². The number of para-hydroxylation sites is 1. The van der Waals surface area contributed by atoms with Crippen molar-refractivity contribution in [3.63, 3.8) is 0 Å². The van der Waals surface area contributed by atoms with Crippen LogP contribution in [0.2, 0.25) is 0 Å². The van der Waals surface area contributed by atoms with Gasteiger partial charge in [-0.2, -0.15) is 0 Å². The highest BCUT2D eigenvalue weighted by Gasteiger charge is 2.44. The Balaban J connectivity index is 1.88. The predicted octanol–water partition coefficient (Wildman–Crippen LogP) is 4.61. The summed E-state index contributed by atoms with van der Waals surface area (Å²) in [5.74, 6) is 0.778. The second-order valence-electron chi connectivity index (χ2n) is 6.22. The van der Waals surface area contributed by atoms with Crippen molar-refractivity contribution < 1.29 is 9.21 Å². The van der Waals surface area contributed by atoms with Crippen molar-refractivity contribution in [3.05, 3.63) is 89.9 Å². The van der Waals surface area contributed by atoms with Gasteiger partial charge in [-0.1, -0.05) is 49.4 Å². The van der Waals surface area contributed by atoms with Crippen LogP contribution in [-0.4, -0.2) is 10.8 Å². The summed E-state index contributed by atoms with van der Waals surface area (Å²) in [5, 5.41) is 3.63. The lowest BCUT2D eigenvalue weighted by Crippen LogP contribution is -2.56. The van der Waals surface area contributed by atoms with Gasteiger partial charge in [0.15, 0.2) is 0 Å². The second-order valence-corrected chi connectivity index (χ2v) is 6.22. The lowest BCUT2D eigenvalue weighted by atomic mass is 9.89. The molecule has 4 rings (SSSR count). The van der Waals surface area contributed by atoms with Gasteiger partial charge in [0.2, 0.25) is 0 Å². The van der Waals surface area contributed by atoms with Gasteiger partial charge in [0.05, 0.1) is 18.4 Å². The number of carbonyl (C=O) groups excluding carboxylic acids is 1. The van der Waals surface area contributed by atoms with Crippen LogP contribution < -0.4 is 5.32 Å². The number of carbonyl (C=O) groups is 1. The fourth-order valence-electron chi connectivity index (χ4n) is 3.58. The second kappa shape index (κ2) is 6.13. The smallest absolute Gasteiger partial charge is 0.258 e. The largest absolute Gasteiger partial charge is 0.467 e. The first kappa shape index (κ1) is 15.5. The SMILES string of the molecule is CCC1(c2ccccc2)Nc2ccccc2C(=O)N1Cc1ccco1. The average molecular weight is 332 g/mol. The molecule has 2 aromatic carbocycles. The molecular weight excluding hydrogens is 312 g/mol. The summed E-state index contributed by atoms with van der Waals surface area (Å²) in [7, 11) is 0. The van der Waals surface area contributed by atoms with Crippen molar-refractivity contribution in [3.8, 4) is 0 Å². The molecule has 3 aromatic rings. The van der Waals surface area contributed by atoms with Crippen LogP contribution in [0.5, 0.6) is 0 Å². The van der Waals surface area contributed by atoms with Crippen molar-refractivity contribution in [2.24, 2.45) is 0 Å². The molecule has 126 valence electrons. The van der Waals surface area contributed by atoms with Crippen LogP contribution in [0.4, 0.5) is 5.69 Å². The van der Waals surface area contributed by atoms with E-state index in [1.807, 2.05) is 59.5 Å². The molecule has 2 heterocycles. The first-order chi connectivity index (χ1) is 12.2. The molecule has 1 aliphatic heterocycles. The molecule has 0 fully saturated rings. The van der Waals surface area contributed by atoms with E-state index in [9.17, 15) is 4.79 Å². The van der Waals surface area contributed by atoms with Crippen LogP contribution in [0.25, 0.3) is 0 Å². The minimum atomic E-state index is -0.612. The van der Waals surface area contributed by atoms with Gasteiger partial charge in [-0.15, -0.1) is 0 Å². The Bertz CT molecular complexity index is 874. The Hall–Kier alpha value is -3.01. The molecular formula is C21H20N2O2. The minimum absolute atomic E-state index is 0.0106. The van der Waals surface area contributed by atoms with Gasteiger partial charge in [-0.05, 0) is 36.2 Å². The zero-order chi connectivity index (χ0) is 17.3. The topological polar surface area (TPSA) is 45.5 Å². The van der Waals surface area contributed by atoms with Crippen LogP contribution in [-0.2, 0) is 12.2 Å². The molecule has 0 saturated carbocycles. The van der Waals surface area contributed by atoms with E-state index in [0.717, 1.165) is 23.4 Å². The molecule has 0 radical (unpaired) electrons. The summed E-state index contributed by atoms with van der Waals surface area (Å²) in [5.41, 5.74) is 2.01. The first-order valence-electron chi connectivity index (χ1n) is 8.51. The first-order valence-corrected chi connectivity index (χ1v) is 8.51. The van der Waals surface area contributed by atoms with Crippen molar-refractivity contribution in [2.45, 2.75) is 25.6 Å². The normalized spacial score (nSPS) is 19.4. The maximum Gasteiger partial charge on any atom is 0.258 e. The van der Waals surface area contributed by atoms with Crippen molar-refractivity contribution >= 4 is 11.6 Å². The summed E-state index contributed by atoms with van der Waals surface area (Å²) in [6, 6.07) is 21.5. The number of fused-ring (bicyclic) bond motifs is 1. The lowest BCUT2D eigenvalue weighted by molar-refractivity contribution is 0.0430. The number of furan rings is 1. The molecule has 1 N–H and O–H groups in total. The van der Waals surface area contributed by atoms with Gasteiger partial charge in [0, 0.05) is 5.69 Å². The van der Waals surface area contributed by atoms with Gasteiger partial charge in [-0.3, -0.25) is 4.79 Å². The highest BCUT2D eigenvalue weighted by Crippen LogP contribution is 2.41. The maximum absolute atomic E-state index is 13.3. The van der Waals surface area contributed by atoms with E-state index >= 15 is 0 Å². The van der Waals surface area contributed by atoms with Gasteiger partial charge in [-0.25, -0.2) is 0 Å². The predicted molar refractivity (Wildman–Crippen MR) is 97.1 cm³/mol. The van der Waals surface area contributed by atoms with E-state index in [2.05, 4.69) is 24.4 Å². The molecule has 0 aliphatic carbocycles. The molecule has 0 saturated heterocycles. The van der Waals surface area contributed by atoms with Gasteiger partial charge >= 0.3 is 0 Å². The Morgan fingerprint density at radius 3 is 2.48 bits per heavy atom. The Morgan fingerprint density at radius 2 is 1.76 bits per heavy atom. The molecule has 0 spiro atoms. The molecule has 4 heteroatoms. The summed E-state index contributed by atoms with van der Waals surface area (Å²) < 4.78 is 5.52. The van der Waals surface area contributed by atoms with E-state index in [1.54, 1.807) is 6.26 Å². The molecule has 25 heavy (non-hydrogen) atoms. The van der Waals surface area contributed by atoms with Gasteiger partial charge in [0.25, 0.3) is 5.91 Å². The summed E-state index contributed by atoms with van der Waals surface area (Å²) >= 11 is 0. The monoisotopic (exact) mass is 332 g/mol. The van der Waals surface area contributed by atoms with Crippen molar-refractivity contribution in [2.75, 3.05) is 5.32 Å². The van der Waals surface area contributed by atoms with E-state index in [0.29, 0.717) is 12.1 Å². The van der Waals surface area contributed by atoms with Gasteiger partial charge < -0.3 is 14.6 Å². The Labute approximate surface area is 147 Å². The quantitative estimate of drug-likeness (QED) is 0.759. The van der Waals surface area contributed by atoms with Crippen molar-refractivity contribution in [1.82, 2.24) is 4.90 Å². The number of amides is 1. The molecule has 0 bridgehead atoms. The van der Waals surface area contributed by atoms with Crippen LogP contribution >= 0.6 is 0 Å². The number of hydrogen-bond donors (Lipinski definition) is 1. The molecule has 4 nitrogen and oxygen atoms in total. The minimum Gasteiger partial charge on any atom is -0.467 e. The number of nitrogens with one attached hydrogen (secondary N) is 1. The summed E-state index contributed by atoms with van der Waals surface area (Å²) in [4.78, 5) is 15.2. The van der Waals surface area contributed by atoms with E-state index in [4.69, 9.17) is 4.42 Å². The number of rotatable bonds is 4. The Kier molecular flexibility index (Phi) is 3.80. The Morgan fingerprint density at radius 1 is 1.00 bits per heavy atom. The number of nitrogens with zero attached hydrogens (tertiary/aromatic N) is 1. The molecule has 1 aliphatic rings. The van der Waals surface area contributed by atoms with E-state index in [1.165, 1.54) is 0 Å². The number of benzene rings is 2. The van der Waals surface area contributed by atoms with E-state index < -0.39 is 5.66 Å². The lowest BCUT2D eigenvalue weighted by Gasteiger charge is -2.48.